The van der Waals surface area contributed by atoms with Crippen LogP contribution in [-0.4, -0.2) is 28.7 Å². The molecular weight excluding hydrogens is 436 g/mol. The zero-order valence-corrected chi connectivity index (χ0v) is 18.6. The highest BCUT2D eigenvalue weighted by atomic mass is 16.6. The highest BCUT2D eigenvalue weighted by Crippen LogP contribution is 2.34. The third kappa shape index (κ3) is 4.49. The fourth-order valence-corrected chi connectivity index (χ4v) is 3.82. The van der Waals surface area contributed by atoms with E-state index in [1.807, 2.05) is 26.0 Å². The zero-order valence-electron chi connectivity index (χ0n) is 18.6. The molecule has 0 saturated heterocycles. The minimum atomic E-state index is -1.15. The van der Waals surface area contributed by atoms with E-state index in [1.165, 1.54) is 23.1 Å². The summed E-state index contributed by atoms with van der Waals surface area (Å²) < 4.78 is 0. The molecule has 3 aromatic rings. The number of anilines is 3. The Kier molecular flexibility index (Phi) is 6.09. The van der Waals surface area contributed by atoms with Crippen LogP contribution in [0.2, 0.25) is 0 Å². The predicted molar refractivity (Wildman–Crippen MR) is 128 cm³/mol. The van der Waals surface area contributed by atoms with Gasteiger partial charge < -0.3 is 10.6 Å². The first-order chi connectivity index (χ1) is 16.2. The number of carbonyl (C=O) groups is 3. The van der Waals surface area contributed by atoms with Crippen molar-refractivity contribution in [1.82, 2.24) is 0 Å². The van der Waals surface area contributed by atoms with Crippen LogP contribution in [0.5, 0.6) is 0 Å². The van der Waals surface area contributed by atoms with Gasteiger partial charge in [0, 0.05) is 23.4 Å². The Bertz CT molecular complexity index is 1320. The van der Waals surface area contributed by atoms with E-state index in [1.54, 1.807) is 30.3 Å². The molecule has 4 rings (SSSR count). The minimum Gasteiger partial charge on any atom is -0.326 e. The van der Waals surface area contributed by atoms with Crippen LogP contribution in [0.4, 0.5) is 22.7 Å². The van der Waals surface area contributed by atoms with Gasteiger partial charge in [-0.05, 0) is 55.3 Å². The minimum absolute atomic E-state index is 0.0401. The summed E-state index contributed by atoms with van der Waals surface area (Å²) in [5.74, 6) is -1.58. The van der Waals surface area contributed by atoms with E-state index in [-0.39, 0.29) is 17.7 Å². The van der Waals surface area contributed by atoms with Crippen molar-refractivity contribution in [3.63, 3.8) is 0 Å². The summed E-state index contributed by atoms with van der Waals surface area (Å²) >= 11 is 0. The molecule has 0 radical (unpaired) electrons. The predicted octanol–water partition coefficient (Wildman–Crippen LogP) is 4.21. The van der Waals surface area contributed by atoms with Gasteiger partial charge in [0.25, 0.3) is 11.6 Å². The van der Waals surface area contributed by atoms with Gasteiger partial charge in [-0.3, -0.25) is 29.4 Å². The lowest BCUT2D eigenvalue weighted by Gasteiger charge is -2.36. The Labute approximate surface area is 195 Å². The molecule has 0 saturated carbocycles. The summed E-state index contributed by atoms with van der Waals surface area (Å²) in [5.41, 5.74) is 3.28. The summed E-state index contributed by atoms with van der Waals surface area (Å²) in [7, 11) is 0. The molecule has 1 aliphatic heterocycles. The van der Waals surface area contributed by atoms with E-state index in [9.17, 15) is 24.5 Å². The normalized spacial score (nSPS) is 14.7. The maximum atomic E-state index is 13.5. The van der Waals surface area contributed by atoms with Gasteiger partial charge >= 0.3 is 0 Å². The van der Waals surface area contributed by atoms with Crippen molar-refractivity contribution >= 4 is 40.5 Å². The molecule has 34 heavy (non-hydrogen) atoms. The molecule has 3 aromatic carbocycles. The van der Waals surface area contributed by atoms with E-state index in [2.05, 4.69) is 10.6 Å². The van der Waals surface area contributed by atoms with Gasteiger partial charge in [-0.15, -0.1) is 0 Å². The maximum absolute atomic E-state index is 13.5. The fraction of sp³-hybridized carbons (Fsp3) is 0.160. The van der Waals surface area contributed by atoms with E-state index < -0.39 is 28.7 Å². The Morgan fingerprint density at radius 2 is 1.79 bits per heavy atom. The number of nitro groups is 1. The number of carbonyl (C=O) groups excluding carboxylic acids is 3. The van der Waals surface area contributed by atoms with Crippen LogP contribution < -0.4 is 15.5 Å². The second-order valence-corrected chi connectivity index (χ2v) is 8.06. The molecule has 1 atom stereocenters. The average molecular weight is 458 g/mol. The molecule has 0 fully saturated rings. The number of fused-ring (bicyclic) bond motifs is 1. The quantitative estimate of drug-likeness (QED) is 0.438. The lowest BCUT2D eigenvalue weighted by Crippen LogP contribution is -2.52. The molecule has 0 aromatic heterocycles. The third-order valence-corrected chi connectivity index (χ3v) is 5.73. The summed E-state index contributed by atoms with van der Waals surface area (Å²) in [5, 5.41) is 16.7. The number of hydrogen-bond donors (Lipinski definition) is 2. The monoisotopic (exact) mass is 458 g/mol. The number of aryl methyl sites for hydroxylation is 2. The van der Waals surface area contributed by atoms with Crippen LogP contribution in [0.15, 0.2) is 66.7 Å². The van der Waals surface area contributed by atoms with Crippen LogP contribution in [0.1, 0.15) is 27.9 Å². The standard InChI is InChI=1S/C25H22N4O5/c1-15-10-11-18(12-16(15)2)26-23(30)14-22-24(31)27-20-8-3-4-9-21(20)28(22)25(32)17-6-5-7-19(13-17)29(33)34/h3-13,22H,14H2,1-2H3,(H,26,30)(H,27,31)/t22-/m1/s1. The number of para-hydroxylation sites is 2. The Hall–Kier alpha value is -4.53. The van der Waals surface area contributed by atoms with Crippen molar-refractivity contribution in [3.8, 4) is 0 Å². The number of amides is 3. The molecular formula is C25H22N4O5. The van der Waals surface area contributed by atoms with Crippen LogP contribution >= 0.6 is 0 Å². The molecule has 0 spiro atoms. The topological polar surface area (TPSA) is 122 Å². The van der Waals surface area contributed by atoms with Gasteiger partial charge in [-0.25, -0.2) is 0 Å². The van der Waals surface area contributed by atoms with Crippen LogP contribution in [-0.2, 0) is 9.59 Å². The molecule has 9 heteroatoms. The first-order valence-corrected chi connectivity index (χ1v) is 10.6. The smallest absolute Gasteiger partial charge is 0.270 e. The number of benzene rings is 3. The maximum Gasteiger partial charge on any atom is 0.270 e. The summed E-state index contributed by atoms with van der Waals surface area (Å²) in [6.45, 7) is 3.89. The molecule has 0 bridgehead atoms. The third-order valence-electron chi connectivity index (χ3n) is 5.73. The highest BCUT2D eigenvalue weighted by molar-refractivity contribution is 6.18. The van der Waals surface area contributed by atoms with Crippen LogP contribution in [0.25, 0.3) is 0 Å². The molecule has 1 heterocycles. The zero-order chi connectivity index (χ0) is 24.4. The van der Waals surface area contributed by atoms with Gasteiger partial charge in [0.05, 0.1) is 22.7 Å². The number of nitrogens with one attached hydrogen (secondary N) is 2. The van der Waals surface area contributed by atoms with Crippen LogP contribution in [0, 0.1) is 24.0 Å². The highest BCUT2D eigenvalue weighted by Gasteiger charge is 2.38. The Morgan fingerprint density at radius 3 is 2.53 bits per heavy atom. The van der Waals surface area contributed by atoms with Crippen molar-refractivity contribution in [2.24, 2.45) is 0 Å². The number of hydrogen-bond acceptors (Lipinski definition) is 5. The molecule has 0 aliphatic carbocycles. The van der Waals surface area contributed by atoms with Crippen molar-refractivity contribution < 1.29 is 19.3 Å². The van der Waals surface area contributed by atoms with E-state index in [0.717, 1.165) is 17.2 Å². The lowest BCUT2D eigenvalue weighted by atomic mass is 10.0. The van der Waals surface area contributed by atoms with Crippen LogP contribution in [0.3, 0.4) is 0 Å². The molecule has 0 unspecified atom stereocenters. The number of non-ortho nitro benzene ring substituents is 1. The van der Waals surface area contributed by atoms with Crippen molar-refractivity contribution in [1.29, 1.82) is 0 Å². The summed E-state index contributed by atoms with van der Waals surface area (Å²) in [4.78, 5) is 51.2. The van der Waals surface area contributed by atoms with Gasteiger partial charge in [0.1, 0.15) is 6.04 Å². The average Bonchev–Trinajstić information content (AvgIpc) is 2.81. The molecule has 9 nitrogen and oxygen atoms in total. The summed E-state index contributed by atoms with van der Waals surface area (Å²) in [6, 6.07) is 16.3. The van der Waals surface area contributed by atoms with E-state index in [0.29, 0.717) is 17.1 Å². The summed E-state index contributed by atoms with van der Waals surface area (Å²) in [6.07, 6.45) is -0.298. The van der Waals surface area contributed by atoms with Gasteiger partial charge in [-0.2, -0.15) is 0 Å². The molecule has 3 amide bonds. The van der Waals surface area contributed by atoms with Gasteiger partial charge in [0.15, 0.2) is 0 Å². The van der Waals surface area contributed by atoms with E-state index in [4.69, 9.17) is 0 Å². The number of nitro benzene ring substituents is 1. The SMILES string of the molecule is Cc1ccc(NC(=O)C[C@@H]2C(=O)Nc3ccccc3N2C(=O)c2cccc([N+](=O)[O-])c2)cc1C. The largest absolute Gasteiger partial charge is 0.326 e. The van der Waals surface area contributed by atoms with Crippen molar-refractivity contribution in [2.75, 3.05) is 15.5 Å². The number of rotatable bonds is 5. The molecule has 2 N–H and O–H groups in total. The lowest BCUT2D eigenvalue weighted by molar-refractivity contribution is -0.384. The first kappa shape index (κ1) is 22.7. The Balaban J connectivity index is 1.67. The van der Waals surface area contributed by atoms with E-state index >= 15 is 0 Å². The second-order valence-electron chi connectivity index (χ2n) is 8.06. The number of nitrogens with zero attached hydrogens (tertiary/aromatic N) is 2. The van der Waals surface area contributed by atoms with Gasteiger partial charge in [-0.1, -0.05) is 24.3 Å². The first-order valence-electron chi connectivity index (χ1n) is 10.6. The molecule has 172 valence electrons. The fourth-order valence-electron chi connectivity index (χ4n) is 3.82. The van der Waals surface area contributed by atoms with Gasteiger partial charge in [0.2, 0.25) is 11.8 Å². The van der Waals surface area contributed by atoms with Crippen molar-refractivity contribution in [2.45, 2.75) is 26.3 Å². The second kappa shape index (κ2) is 9.14. The Morgan fingerprint density at radius 1 is 1.03 bits per heavy atom. The van der Waals surface area contributed by atoms with Crippen molar-refractivity contribution in [3.05, 3.63) is 93.5 Å². The molecule has 1 aliphatic rings.